The van der Waals surface area contributed by atoms with Crippen molar-refractivity contribution in [1.29, 1.82) is 0 Å². The summed E-state index contributed by atoms with van der Waals surface area (Å²) in [6, 6.07) is 0. The van der Waals surface area contributed by atoms with E-state index in [0.29, 0.717) is 0 Å². The largest absolute Gasteiger partial charge is 0.298 e. The van der Waals surface area contributed by atoms with Crippen molar-refractivity contribution in [3.05, 3.63) is 35.1 Å². The number of aldehydes is 1. The van der Waals surface area contributed by atoms with Crippen molar-refractivity contribution in [1.82, 2.24) is 0 Å². The first-order valence-electron chi connectivity index (χ1n) is 3.49. The monoisotopic (exact) mass is 145 g/mol. The Balaban J connectivity index is 2.37. The lowest BCUT2D eigenvalue weighted by molar-refractivity contribution is -0.105. The van der Waals surface area contributed by atoms with Crippen molar-refractivity contribution in [3.8, 4) is 0 Å². The topological polar surface area (TPSA) is 29.4 Å². The highest BCUT2D eigenvalue weighted by Gasteiger charge is 2.12. The Labute approximate surface area is 64.6 Å². The second kappa shape index (κ2) is 2.31. The van der Waals surface area contributed by atoms with Crippen molar-refractivity contribution in [2.45, 2.75) is 6.42 Å². The Hall–Kier alpha value is -1.44. The predicted octanol–water partition coefficient (Wildman–Crippen LogP) is 1.41. The highest BCUT2D eigenvalue weighted by molar-refractivity contribution is 5.91. The van der Waals surface area contributed by atoms with E-state index in [1.807, 2.05) is 24.6 Å². The van der Waals surface area contributed by atoms with Crippen LogP contribution < -0.4 is 0 Å². The van der Waals surface area contributed by atoms with E-state index >= 15 is 0 Å². The Bertz CT molecular complexity index is 318. The first kappa shape index (κ1) is 6.28. The number of hydrogen-bond donors (Lipinski definition) is 0. The number of allylic oxidation sites excluding steroid dienone is 5. The van der Waals surface area contributed by atoms with E-state index in [0.717, 1.165) is 29.4 Å². The predicted molar refractivity (Wildman–Crippen MR) is 43.4 cm³/mol. The Morgan fingerprint density at radius 3 is 3.18 bits per heavy atom. The lowest BCUT2D eigenvalue weighted by atomic mass is 9.96. The summed E-state index contributed by atoms with van der Waals surface area (Å²) in [7, 11) is 0. The van der Waals surface area contributed by atoms with Gasteiger partial charge in [-0.2, -0.15) is 0 Å². The van der Waals surface area contributed by atoms with Crippen LogP contribution in [0.5, 0.6) is 0 Å². The van der Waals surface area contributed by atoms with Crippen molar-refractivity contribution < 1.29 is 4.79 Å². The number of rotatable bonds is 1. The normalized spacial score (nSPS) is 20.2. The lowest BCUT2D eigenvalue weighted by Crippen LogP contribution is -1.96. The van der Waals surface area contributed by atoms with Gasteiger partial charge in [0.15, 0.2) is 0 Å². The summed E-state index contributed by atoms with van der Waals surface area (Å²) >= 11 is 0. The molecule has 0 radical (unpaired) electrons. The van der Waals surface area contributed by atoms with Crippen LogP contribution in [0.15, 0.2) is 40.1 Å². The van der Waals surface area contributed by atoms with Gasteiger partial charge in [-0.1, -0.05) is 12.2 Å². The maximum Gasteiger partial charge on any atom is 0.146 e. The fourth-order valence-electron chi connectivity index (χ4n) is 1.22. The molecule has 2 nitrogen and oxygen atoms in total. The summed E-state index contributed by atoms with van der Waals surface area (Å²) in [5.41, 5.74) is 3.11. The molecule has 1 heterocycles. The molecule has 0 bridgehead atoms. The fraction of sp³-hybridized carbons (Fsp3) is 0.111. The van der Waals surface area contributed by atoms with E-state index in [4.69, 9.17) is 0 Å². The van der Waals surface area contributed by atoms with Gasteiger partial charge < -0.3 is 0 Å². The van der Waals surface area contributed by atoms with Gasteiger partial charge in [0.25, 0.3) is 0 Å². The zero-order valence-electron chi connectivity index (χ0n) is 5.95. The SMILES string of the molecule is O=CC1=CC=C2C=NC=C2C1. The fourth-order valence-corrected chi connectivity index (χ4v) is 1.22. The molecule has 11 heavy (non-hydrogen) atoms. The number of carbonyl (C=O) groups is 1. The zero-order chi connectivity index (χ0) is 7.68. The average molecular weight is 145 g/mol. The van der Waals surface area contributed by atoms with Crippen LogP contribution in [0.2, 0.25) is 0 Å². The maximum atomic E-state index is 10.4. The van der Waals surface area contributed by atoms with Gasteiger partial charge in [0.2, 0.25) is 0 Å². The third-order valence-corrected chi connectivity index (χ3v) is 1.84. The molecule has 54 valence electrons. The Morgan fingerprint density at radius 1 is 1.45 bits per heavy atom. The minimum absolute atomic E-state index is 0.731. The highest BCUT2D eigenvalue weighted by atomic mass is 16.1. The quantitative estimate of drug-likeness (QED) is 0.513. The molecule has 0 fully saturated rings. The van der Waals surface area contributed by atoms with Crippen LogP contribution in [-0.4, -0.2) is 12.5 Å². The molecule has 0 atom stereocenters. The number of nitrogens with zero attached hydrogens (tertiary/aromatic N) is 1. The average Bonchev–Trinajstić information content (AvgIpc) is 2.50. The second-order valence-electron chi connectivity index (χ2n) is 2.59. The number of fused-ring (bicyclic) bond motifs is 1. The molecule has 0 N–H and O–H groups in total. The van der Waals surface area contributed by atoms with Crippen LogP contribution in [0.1, 0.15) is 6.42 Å². The molecule has 0 saturated heterocycles. The van der Waals surface area contributed by atoms with Crippen LogP contribution >= 0.6 is 0 Å². The van der Waals surface area contributed by atoms with Crippen molar-refractivity contribution in [2.24, 2.45) is 4.99 Å². The summed E-state index contributed by atoms with van der Waals surface area (Å²) in [6.07, 6.45) is 9.02. The van der Waals surface area contributed by atoms with Gasteiger partial charge in [-0.05, 0) is 16.7 Å². The third-order valence-electron chi connectivity index (χ3n) is 1.84. The summed E-state index contributed by atoms with van der Waals surface area (Å²) in [5, 5.41) is 0. The standard InChI is InChI=1S/C9H7NO/c11-6-7-1-2-8-4-10-5-9(8)3-7/h1-2,4-6H,3H2. The summed E-state index contributed by atoms with van der Waals surface area (Å²) in [6.45, 7) is 0. The van der Waals surface area contributed by atoms with Crippen molar-refractivity contribution in [3.63, 3.8) is 0 Å². The van der Waals surface area contributed by atoms with Gasteiger partial charge in [-0.15, -0.1) is 0 Å². The number of hydrogen-bond acceptors (Lipinski definition) is 2. The van der Waals surface area contributed by atoms with Gasteiger partial charge in [0, 0.05) is 18.8 Å². The molecule has 0 aromatic heterocycles. The molecular weight excluding hydrogens is 138 g/mol. The summed E-state index contributed by atoms with van der Waals surface area (Å²) in [5.74, 6) is 0. The Morgan fingerprint density at radius 2 is 2.36 bits per heavy atom. The van der Waals surface area contributed by atoms with Crippen LogP contribution in [0.3, 0.4) is 0 Å². The van der Waals surface area contributed by atoms with Gasteiger partial charge in [0.1, 0.15) is 6.29 Å². The summed E-state index contributed by atoms with van der Waals surface area (Å²) < 4.78 is 0. The molecule has 0 unspecified atom stereocenters. The molecule has 0 spiro atoms. The summed E-state index contributed by atoms with van der Waals surface area (Å²) in [4.78, 5) is 14.4. The molecule has 0 aromatic rings. The lowest BCUT2D eigenvalue weighted by Gasteiger charge is -2.06. The highest BCUT2D eigenvalue weighted by Crippen LogP contribution is 2.25. The van der Waals surface area contributed by atoms with Gasteiger partial charge >= 0.3 is 0 Å². The maximum absolute atomic E-state index is 10.4. The van der Waals surface area contributed by atoms with Crippen molar-refractivity contribution in [2.75, 3.05) is 0 Å². The second-order valence-corrected chi connectivity index (χ2v) is 2.59. The van der Waals surface area contributed by atoms with Crippen molar-refractivity contribution >= 4 is 12.5 Å². The van der Waals surface area contributed by atoms with E-state index in [1.54, 1.807) is 0 Å². The van der Waals surface area contributed by atoms with Crippen LogP contribution in [-0.2, 0) is 4.79 Å². The number of carbonyl (C=O) groups excluding carboxylic acids is 1. The Kier molecular flexibility index (Phi) is 1.32. The first-order valence-corrected chi connectivity index (χ1v) is 3.49. The van der Waals surface area contributed by atoms with Crippen LogP contribution in [0.25, 0.3) is 0 Å². The molecule has 0 amide bonds. The van der Waals surface area contributed by atoms with Gasteiger partial charge in [0.05, 0.1) is 0 Å². The minimum atomic E-state index is 0.731. The van der Waals surface area contributed by atoms with E-state index in [9.17, 15) is 4.79 Å². The van der Waals surface area contributed by atoms with E-state index < -0.39 is 0 Å². The molecule has 2 heteroatoms. The van der Waals surface area contributed by atoms with Crippen LogP contribution in [0.4, 0.5) is 0 Å². The smallest absolute Gasteiger partial charge is 0.146 e. The minimum Gasteiger partial charge on any atom is -0.298 e. The molecule has 0 saturated carbocycles. The molecule has 2 rings (SSSR count). The van der Waals surface area contributed by atoms with E-state index in [1.165, 1.54) is 0 Å². The van der Waals surface area contributed by atoms with Crippen LogP contribution in [0, 0.1) is 0 Å². The molecule has 0 aromatic carbocycles. The van der Waals surface area contributed by atoms with Gasteiger partial charge in [-0.25, -0.2) is 0 Å². The molecular formula is C9H7NO. The van der Waals surface area contributed by atoms with Gasteiger partial charge in [-0.3, -0.25) is 9.79 Å². The number of aliphatic imine (C=N–C) groups is 1. The van der Waals surface area contributed by atoms with E-state index in [-0.39, 0.29) is 0 Å². The molecule has 1 aliphatic carbocycles. The zero-order valence-corrected chi connectivity index (χ0v) is 5.95. The molecule has 1 aliphatic heterocycles. The van der Waals surface area contributed by atoms with E-state index in [2.05, 4.69) is 4.99 Å². The third kappa shape index (κ3) is 0.963. The first-order chi connectivity index (χ1) is 5.40. The molecule has 2 aliphatic rings.